The standard InChI is InChI=1S/C21H29NO4S/c1-19(2)17-8-9-21(19,18(23)10-17)14-27(24,25)22-13-20(26-3)11-15-6-4-5-7-16(15)12-20/h4-7,17,22H,8-14H2,1-3H3. The molecule has 2 bridgehead atoms. The lowest BCUT2D eigenvalue weighted by molar-refractivity contribution is -0.128. The molecule has 148 valence electrons. The van der Waals surface area contributed by atoms with Gasteiger partial charge in [-0.1, -0.05) is 38.1 Å². The van der Waals surface area contributed by atoms with Crippen molar-refractivity contribution in [3.63, 3.8) is 0 Å². The fourth-order valence-corrected chi connectivity index (χ4v) is 7.64. The Hall–Kier alpha value is -1.24. The van der Waals surface area contributed by atoms with Gasteiger partial charge < -0.3 is 4.74 Å². The molecular formula is C21H29NO4S. The van der Waals surface area contributed by atoms with Gasteiger partial charge in [0.25, 0.3) is 0 Å². The summed E-state index contributed by atoms with van der Waals surface area (Å²) in [5.41, 5.74) is 0.886. The van der Waals surface area contributed by atoms with E-state index >= 15 is 0 Å². The van der Waals surface area contributed by atoms with Crippen molar-refractivity contribution in [3.8, 4) is 0 Å². The van der Waals surface area contributed by atoms with Gasteiger partial charge in [-0.2, -0.15) is 0 Å². The summed E-state index contributed by atoms with van der Waals surface area (Å²) in [4.78, 5) is 12.7. The molecule has 0 aromatic heterocycles. The zero-order chi connectivity index (χ0) is 19.5. The third kappa shape index (κ3) is 2.88. The lowest BCUT2D eigenvalue weighted by atomic mass is 9.70. The second-order valence-corrected chi connectivity index (χ2v) is 11.1. The average molecular weight is 392 g/mol. The van der Waals surface area contributed by atoms with Crippen molar-refractivity contribution in [2.75, 3.05) is 19.4 Å². The largest absolute Gasteiger partial charge is 0.376 e. The normalized spacial score (nSPS) is 30.6. The maximum atomic E-state index is 13.0. The molecule has 4 rings (SSSR count). The number of nitrogens with one attached hydrogen (secondary N) is 1. The zero-order valence-corrected chi connectivity index (χ0v) is 17.2. The maximum absolute atomic E-state index is 13.0. The Labute approximate surface area is 161 Å². The van der Waals surface area contributed by atoms with Crippen LogP contribution in [0.25, 0.3) is 0 Å². The summed E-state index contributed by atoms with van der Waals surface area (Å²) in [5, 5.41) is 0. The van der Waals surface area contributed by atoms with E-state index in [2.05, 4.69) is 30.7 Å². The highest BCUT2D eigenvalue weighted by molar-refractivity contribution is 7.89. The molecule has 1 aromatic rings. The Kier molecular flexibility index (Phi) is 4.33. The molecule has 5 nitrogen and oxygen atoms in total. The van der Waals surface area contributed by atoms with E-state index in [0.29, 0.717) is 31.6 Å². The average Bonchev–Trinajstić information content (AvgIpc) is 3.16. The SMILES string of the molecule is COC1(CNS(=O)(=O)CC23CCC(CC2=O)C3(C)C)Cc2ccccc2C1. The van der Waals surface area contributed by atoms with Crippen LogP contribution in [-0.4, -0.2) is 39.2 Å². The van der Waals surface area contributed by atoms with Gasteiger partial charge in [0.2, 0.25) is 10.0 Å². The molecule has 2 saturated carbocycles. The van der Waals surface area contributed by atoms with E-state index in [4.69, 9.17) is 4.74 Å². The molecular weight excluding hydrogens is 362 g/mol. The molecule has 2 fully saturated rings. The van der Waals surface area contributed by atoms with E-state index in [0.717, 1.165) is 6.42 Å². The van der Waals surface area contributed by atoms with Crippen LogP contribution >= 0.6 is 0 Å². The van der Waals surface area contributed by atoms with Crippen LogP contribution in [0, 0.1) is 16.7 Å². The topological polar surface area (TPSA) is 72.5 Å². The number of benzene rings is 1. The van der Waals surface area contributed by atoms with Gasteiger partial charge in [-0.25, -0.2) is 13.1 Å². The Bertz CT molecular complexity index is 851. The molecule has 1 aromatic carbocycles. The number of hydrogen-bond donors (Lipinski definition) is 1. The number of carbonyl (C=O) groups is 1. The minimum atomic E-state index is -3.59. The van der Waals surface area contributed by atoms with Crippen molar-refractivity contribution in [2.45, 2.75) is 51.6 Å². The first kappa shape index (κ1) is 19.1. The number of methoxy groups -OCH3 is 1. The first-order valence-corrected chi connectivity index (χ1v) is 11.4. The monoisotopic (exact) mass is 391 g/mol. The smallest absolute Gasteiger partial charge is 0.212 e. The van der Waals surface area contributed by atoms with E-state index in [1.807, 2.05) is 12.1 Å². The summed E-state index contributed by atoms with van der Waals surface area (Å²) in [6, 6.07) is 8.14. The molecule has 0 spiro atoms. The van der Waals surface area contributed by atoms with Crippen molar-refractivity contribution in [1.29, 1.82) is 0 Å². The molecule has 2 atom stereocenters. The lowest BCUT2D eigenvalue weighted by Crippen LogP contribution is -2.50. The Morgan fingerprint density at radius 1 is 1.19 bits per heavy atom. The van der Waals surface area contributed by atoms with Gasteiger partial charge in [0.1, 0.15) is 5.78 Å². The van der Waals surface area contributed by atoms with Crippen molar-refractivity contribution >= 4 is 15.8 Å². The van der Waals surface area contributed by atoms with Gasteiger partial charge in [-0.15, -0.1) is 0 Å². The molecule has 3 aliphatic rings. The van der Waals surface area contributed by atoms with Gasteiger partial charge in [0, 0.05) is 38.3 Å². The fraction of sp³-hybridized carbons (Fsp3) is 0.667. The summed E-state index contributed by atoms with van der Waals surface area (Å²) < 4.78 is 34.5. The summed E-state index contributed by atoms with van der Waals surface area (Å²) in [6.07, 6.45) is 3.55. The second kappa shape index (κ2) is 6.13. The number of ketones is 1. The number of carbonyl (C=O) groups excluding carboxylic acids is 1. The van der Waals surface area contributed by atoms with Crippen LogP contribution in [0.15, 0.2) is 24.3 Å². The fourth-order valence-electron chi connectivity index (χ4n) is 5.73. The number of fused-ring (bicyclic) bond motifs is 3. The maximum Gasteiger partial charge on any atom is 0.212 e. The van der Waals surface area contributed by atoms with E-state index in [1.165, 1.54) is 11.1 Å². The van der Waals surface area contributed by atoms with Gasteiger partial charge in [-0.3, -0.25) is 4.79 Å². The number of ether oxygens (including phenoxy) is 1. The Morgan fingerprint density at radius 3 is 2.30 bits per heavy atom. The van der Waals surface area contributed by atoms with Crippen LogP contribution in [0.1, 0.15) is 44.2 Å². The molecule has 1 N–H and O–H groups in total. The van der Waals surface area contributed by atoms with Crippen LogP contribution in [-0.2, 0) is 32.4 Å². The van der Waals surface area contributed by atoms with Crippen molar-refractivity contribution in [3.05, 3.63) is 35.4 Å². The molecule has 2 unspecified atom stereocenters. The molecule has 0 saturated heterocycles. The summed E-state index contributed by atoms with van der Waals surface area (Å²) in [7, 11) is -1.94. The van der Waals surface area contributed by atoms with Crippen molar-refractivity contribution in [2.24, 2.45) is 16.7 Å². The summed E-state index contributed by atoms with van der Waals surface area (Å²) in [5.74, 6) is 0.341. The number of Topliss-reactive ketones (excluding diaryl/α,β-unsaturated/α-hetero) is 1. The number of rotatable bonds is 6. The predicted octanol–water partition coefficient (Wildman–Crippen LogP) is 2.49. The first-order valence-electron chi connectivity index (χ1n) is 9.76. The van der Waals surface area contributed by atoms with Gasteiger partial charge in [-0.05, 0) is 35.3 Å². The molecule has 27 heavy (non-hydrogen) atoms. The highest BCUT2D eigenvalue weighted by atomic mass is 32.2. The van der Waals surface area contributed by atoms with E-state index in [-0.39, 0.29) is 23.5 Å². The minimum Gasteiger partial charge on any atom is -0.376 e. The van der Waals surface area contributed by atoms with Crippen LogP contribution in [0.3, 0.4) is 0 Å². The van der Waals surface area contributed by atoms with Gasteiger partial charge in [0.05, 0.1) is 11.4 Å². The van der Waals surface area contributed by atoms with E-state index in [1.54, 1.807) is 7.11 Å². The molecule has 3 aliphatic carbocycles. The molecule has 0 aliphatic heterocycles. The van der Waals surface area contributed by atoms with Crippen molar-refractivity contribution < 1.29 is 17.9 Å². The number of hydrogen-bond acceptors (Lipinski definition) is 4. The molecule has 0 radical (unpaired) electrons. The van der Waals surface area contributed by atoms with Gasteiger partial charge in [0.15, 0.2) is 0 Å². The summed E-state index contributed by atoms with van der Waals surface area (Å²) >= 11 is 0. The molecule has 0 heterocycles. The van der Waals surface area contributed by atoms with E-state index < -0.39 is 21.0 Å². The first-order chi connectivity index (χ1) is 12.6. The Morgan fingerprint density at radius 2 is 1.81 bits per heavy atom. The van der Waals surface area contributed by atoms with Crippen molar-refractivity contribution in [1.82, 2.24) is 4.72 Å². The number of sulfonamides is 1. The molecule has 6 heteroatoms. The highest BCUT2D eigenvalue weighted by Crippen LogP contribution is 2.64. The van der Waals surface area contributed by atoms with Crippen LogP contribution in [0.5, 0.6) is 0 Å². The summed E-state index contributed by atoms with van der Waals surface area (Å²) in [6.45, 7) is 4.36. The highest BCUT2D eigenvalue weighted by Gasteiger charge is 2.65. The van der Waals surface area contributed by atoms with Crippen LogP contribution < -0.4 is 4.72 Å². The lowest BCUT2D eigenvalue weighted by Gasteiger charge is -2.36. The zero-order valence-electron chi connectivity index (χ0n) is 16.4. The van der Waals surface area contributed by atoms with Crippen LogP contribution in [0.2, 0.25) is 0 Å². The predicted molar refractivity (Wildman–Crippen MR) is 104 cm³/mol. The Balaban J connectivity index is 1.49. The quantitative estimate of drug-likeness (QED) is 0.809. The van der Waals surface area contributed by atoms with Crippen LogP contribution in [0.4, 0.5) is 0 Å². The van der Waals surface area contributed by atoms with Gasteiger partial charge >= 0.3 is 0 Å². The molecule has 0 amide bonds. The van der Waals surface area contributed by atoms with E-state index in [9.17, 15) is 13.2 Å². The third-order valence-electron chi connectivity index (χ3n) is 7.77. The third-order valence-corrected chi connectivity index (χ3v) is 9.22. The minimum absolute atomic E-state index is 0.102. The second-order valence-electron chi connectivity index (χ2n) is 9.26.